The highest BCUT2D eigenvalue weighted by molar-refractivity contribution is 7.90. The molecule has 8 heteroatoms. The number of sulfonamides is 2. The maximum absolute atomic E-state index is 12.0. The molecular weight excluding hydrogens is 324 g/mol. The lowest BCUT2D eigenvalue weighted by atomic mass is 9.93. The summed E-state index contributed by atoms with van der Waals surface area (Å²) < 4.78 is 47.0. The number of rotatable bonds is 2. The summed E-state index contributed by atoms with van der Waals surface area (Å²) in [5, 5.41) is 10.9. The van der Waals surface area contributed by atoms with Crippen molar-refractivity contribution >= 4 is 36.9 Å². The number of hydrogen-bond donors (Lipinski definition) is 2. The molecule has 0 radical (unpaired) electrons. The van der Waals surface area contributed by atoms with Gasteiger partial charge in [0.05, 0.1) is 10.1 Å². The number of fused-ring (bicyclic) bond motifs is 2. The highest BCUT2D eigenvalue weighted by atomic mass is 32.2. The van der Waals surface area contributed by atoms with Crippen molar-refractivity contribution in [1.29, 1.82) is 0 Å². The van der Waals surface area contributed by atoms with E-state index in [4.69, 9.17) is 10.3 Å². The summed E-state index contributed by atoms with van der Waals surface area (Å²) in [5.74, 6) is 0. The molecule has 116 valence electrons. The van der Waals surface area contributed by atoms with E-state index in [2.05, 4.69) is 0 Å². The van der Waals surface area contributed by atoms with E-state index in [1.54, 1.807) is 30.3 Å². The van der Waals surface area contributed by atoms with Gasteiger partial charge in [-0.15, -0.1) is 0 Å². The number of hydrogen-bond acceptors (Lipinski definition) is 4. The smallest absolute Gasteiger partial charge is 0.228 e. The Morgan fingerprint density at radius 3 is 2.36 bits per heavy atom. The molecule has 1 aliphatic carbocycles. The van der Waals surface area contributed by atoms with Crippen molar-refractivity contribution in [3.05, 3.63) is 47.5 Å². The molecule has 0 amide bonds. The van der Waals surface area contributed by atoms with Crippen LogP contribution in [0.4, 0.5) is 0 Å². The Labute approximate surface area is 128 Å². The van der Waals surface area contributed by atoms with Gasteiger partial charge >= 0.3 is 0 Å². The molecule has 0 spiro atoms. The predicted molar refractivity (Wildman–Crippen MR) is 85.0 cm³/mol. The van der Waals surface area contributed by atoms with Gasteiger partial charge in [-0.2, -0.15) is 0 Å². The first-order valence-corrected chi connectivity index (χ1v) is 9.61. The van der Waals surface area contributed by atoms with Crippen LogP contribution in [0.3, 0.4) is 0 Å². The van der Waals surface area contributed by atoms with Gasteiger partial charge in [0.15, 0.2) is 0 Å². The maximum atomic E-state index is 12.0. The molecule has 1 aliphatic rings. The van der Waals surface area contributed by atoms with E-state index in [0.717, 1.165) is 0 Å². The molecule has 1 atom stereocenters. The summed E-state index contributed by atoms with van der Waals surface area (Å²) >= 11 is 0. The molecule has 2 aromatic carbocycles. The fraction of sp³-hybridized carbons (Fsp3) is 0.143. The SMILES string of the molecule is NS(=O)(=O)c1c2c(cc3ccccc13)CC(S(N)(=O)=O)C=C2. The van der Waals surface area contributed by atoms with Crippen LogP contribution in [0, 0.1) is 0 Å². The standard InChI is InChI=1S/C14H14N2O4S2/c15-21(17,18)11-5-6-13-10(8-11)7-9-3-1-2-4-12(9)14(13)22(16,19)20/h1-7,11H,8H2,(H2,15,17,18)(H2,16,19,20). The molecule has 0 saturated heterocycles. The molecular formula is C14H14N2O4S2. The molecule has 6 nitrogen and oxygen atoms in total. The number of benzene rings is 2. The van der Waals surface area contributed by atoms with Crippen molar-refractivity contribution in [3.63, 3.8) is 0 Å². The van der Waals surface area contributed by atoms with Crippen molar-refractivity contribution in [2.75, 3.05) is 0 Å². The van der Waals surface area contributed by atoms with Crippen LogP contribution in [0.2, 0.25) is 0 Å². The zero-order valence-corrected chi connectivity index (χ0v) is 13.1. The molecule has 2 aromatic rings. The second-order valence-electron chi connectivity index (χ2n) is 5.24. The van der Waals surface area contributed by atoms with E-state index in [1.807, 2.05) is 0 Å². The average molecular weight is 338 g/mol. The summed E-state index contributed by atoms with van der Waals surface area (Å²) in [5.41, 5.74) is 1.03. The van der Waals surface area contributed by atoms with Crippen LogP contribution in [-0.4, -0.2) is 22.1 Å². The minimum atomic E-state index is -3.96. The first-order valence-electron chi connectivity index (χ1n) is 6.45. The third-order valence-electron chi connectivity index (χ3n) is 3.73. The lowest BCUT2D eigenvalue weighted by Gasteiger charge is -2.21. The second kappa shape index (κ2) is 4.88. The van der Waals surface area contributed by atoms with Crippen LogP contribution < -0.4 is 10.3 Å². The minimum absolute atomic E-state index is 0.0183. The molecule has 3 rings (SSSR count). The van der Waals surface area contributed by atoms with Crippen LogP contribution in [0.15, 0.2) is 41.3 Å². The summed E-state index contributed by atoms with van der Waals surface area (Å²) in [6.45, 7) is 0. The third kappa shape index (κ3) is 2.54. The summed E-state index contributed by atoms with van der Waals surface area (Å²) in [4.78, 5) is 0.0183. The van der Waals surface area contributed by atoms with Crippen LogP contribution >= 0.6 is 0 Å². The molecule has 0 aliphatic heterocycles. The van der Waals surface area contributed by atoms with Gasteiger partial charge in [-0.25, -0.2) is 27.1 Å². The molecule has 22 heavy (non-hydrogen) atoms. The van der Waals surface area contributed by atoms with E-state index in [1.165, 1.54) is 12.2 Å². The maximum Gasteiger partial charge on any atom is 0.239 e. The molecule has 4 N–H and O–H groups in total. The summed E-state index contributed by atoms with van der Waals surface area (Å²) in [6, 6.07) is 8.71. The normalized spacial score (nSPS) is 18.4. The van der Waals surface area contributed by atoms with Crippen LogP contribution in [0.1, 0.15) is 11.1 Å². The Bertz CT molecular complexity index is 1010. The fourth-order valence-corrected chi connectivity index (χ4v) is 4.47. The van der Waals surface area contributed by atoms with E-state index in [9.17, 15) is 16.8 Å². The van der Waals surface area contributed by atoms with Crippen molar-refractivity contribution in [3.8, 4) is 0 Å². The van der Waals surface area contributed by atoms with E-state index >= 15 is 0 Å². The van der Waals surface area contributed by atoms with Crippen molar-refractivity contribution < 1.29 is 16.8 Å². The number of nitrogens with two attached hydrogens (primary N) is 2. The zero-order valence-electron chi connectivity index (χ0n) is 11.4. The van der Waals surface area contributed by atoms with Crippen molar-refractivity contribution in [2.45, 2.75) is 16.6 Å². The minimum Gasteiger partial charge on any atom is -0.228 e. The van der Waals surface area contributed by atoms with E-state index in [0.29, 0.717) is 21.9 Å². The lowest BCUT2D eigenvalue weighted by Crippen LogP contribution is -2.30. The van der Waals surface area contributed by atoms with Gasteiger partial charge in [0.1, 0.15) is 0 Å². The van der Waals surface area contributed by atoms with Gasteiger partial charge in [-0.1, -0.05) is 42.5 Å². The van der Waals surface area contributed by atoms with E-state index in [-0.39, 0.29) is 11.3 Å². The Kier molecular flexibility index (Phi) is 3.37. The monoisotopic (exact) mass is 338 g/mol. The summed E-state index contributed by atoms with van der Waals surface area (Å²) in [7, 11) is -7.69. The third-order valence-corrected chi connectivity index (χ3v) is 5.91. The molecule has 0 aromatic heterocycles. The van der Waals surface area contributed by atoms with Gasteiger partial charge in [0.2, 0.25) is 20.0 Å². The molecule has 0 bridgehead atoms. The Balaban J connectivity index is 2.36. The summed E-state index contributed by atoms with van der Waals surface area (Å²) in [6.07, 6.45) is 3.00. The topological polar surface area (TPSA) is 120 Å². The lowest BCUT2D eigenvalue weighted by molar-refractivity contribution is 0.589. The quantitative estimate of drug-likeness (QED) is 0.838. The van der Waals surface area contributed by atoms with E-state index < -0.39 is 25.3 Å². The van der Waals surface area contributed by atoms with Gasteiger partial charge in [0.25, 0.3) is 0 Å². The Morgan fingerprint density at radius 1 is 1.05 bits per heavy atom. The van der Waals surface area contributed by atoms with Crippen molar-refractivity contribution in [1.82, 2.24) is 0 Å². The second-order valence-corrected chi connectivity index (χ2v) is 8.52. The van der Waals surface area contributed by atoms with Gasteiger partial charge in [0, 0.05) is 5.39 Å². The zero-order chi connectivity index (χ0) is 16.1. The van der Waals surface area contributed by atoms with Gasteiger partial charge < -0.3 is 0 Å². The van der Waals surface area contributed by atoms with Gasteiger partial charge in [-0.3, -0.25) is 0 Å². The van der Waals surface area contributed by atoms with Gasteiger partial charge in [-0.05, 0) is 22.9 Å². The van der Waals surface area contributed by atoms with Crippen LogP contribution in [0.25, 0.3) is 16.8 Å². The van der Waals surface area contributed by atoms with Crippen LogP contribution in [-0.2, 0) is 26.5 Å². The first kappa shape index (κ1) is 15.2. The van der Waals surface area contributed by atoms with Crippen molar-refractivity contribution in [2.24, 2.45) is 10.3 Å². The predicted octanol–water partition coefficient (Wildman–Crippen LogP) is 0.714. The molecule has 1 unspecified atom stereocenters. The molecule has 0 heterocycles. The van der Waals surface area contributed by atoms with Crippen LogP contribution in [0.5, 0.6) is 0 Å². The highest BCUT2D eigenvalue weighted by Crippen LogP contribution is 2.34. The number of primary sulfonamides is 2. The average Bonchev–Trinajstić information content (AvgIpc) is 2.41. The molecule has 0 fully saturated rings. The first-order chi connectivity index (χ1) is 10.2. The molecule has 0 saturated carbocycles. The Hall–Kier alpha value is -1.74. The fourth-order valence-electron chi connectivity index (χ4n) is 2.76. The largest absolute Gasteiger partial charge is 0.239 e. The highest BCUT2D eigenvalue weighted by Gasteiger charge is 2.28. The Morgan fingerprint density at radius 2 is 1.73 bits per heavy atom.